The zero-order valence-electron chi connectivity index (χ0n) is 12.1. The zero-order valence-corrected chi connectivity index (χ0v) is 12.1. The van der Waals surface area contributed by atoms with E-state index in [1.165, 1.54) is 16.3 Å². The van der Waals surface area contributed by atoms with E-state index >= 15 is 0 Å². The summed E-state index contributed by atoms with van der Waals surface area (Å²) in [5, 5.41) is 6.15. The lowest BCUT2D eigenvalue weighted by Crippen LogP contribution is -2.31. The lowest BCUT2D eigenvalue weighted by molar-refractivity contribution is 0.343. The van der Waals surface area contributed by atoms with Crippen molar-refractivity contribution in [1.82, 2.24) is 15.2 Å². The molecule has 1 unspecified atom stereocenters. The summed E-state index contributed by atoms with van der Waals surface area (Å²) in [6.45, 7) is 4.23. The van der Waals surface area contributed by atoms with E-state index in [9.17, 15) is 0 Å². The van der Waals surface area contributed by atoms with Crippen LogP contribution in [-0.4, -0.2) is 37.1 Å². The Morgan fingerprint density at radius 2 is 2.11 bits per heavy atom. The highest BCUT2D eigenvalue weighted by Gasteiger charge is 2.14. The highest BCUT2D eigenvalue weighted by Crippen LogP contribution is 2.24. The van der Waals surface area contributed by atoms with Crippen LogP contribution >= 0.6 is 0 Å². The first kappa shape index (κ1) is 14.0. The fourth-order valence-corrected chi connectivity index (χ4v) is 2.40. The Balaban J connectivity index is 2.37. The van der Waals surface area contributed by atoms with Crippen molar-refractivity contribution in [3.05, 3.63) is 42.2 Å². The van der Waals surface area contributed by atoms with Crippen LogP contribution in [0.5, 0.6) is 0 Å². The summed E-state index contributed by atoms with van der Waals surface area (Å²) in [4.78, 5) is 6.50. The molecule has 0 aliphatic carbocycles. The number of hydrogen-bond acceptors (Lipinski definition) is 3. The molecule has 1 aromatic carbocycles. The van der Waals surface area contributed by atoms with Gasteiger partial charge < -0.3 is 10.2 Å². The van der Waals surface area contributed by atoms with E-state index in [4.69, 9.17) is 0 Å². The molecule has 0 fully saturated rings. The van der Waals surface area contributed by atoms with Crippen molar-refractivity contribution in [2.75, 3.05) is 27.2 Å². The number of aromatic nitrogens is 1. The second kappa shape index (κ2) is 6.64. The Bertz CT molecular complexity index is 517. The van der Waals surface area contributed by atoms with E-state index in [2.05, 4.69) is 60.5 Å². The molecule has 3 nitrogen and oxygen atoms in total. The second-order valence-electron chi connectivity index (χ2n) is 5.21. The van der Waals surface area contributed by atoms with Crippen molar-refractivity contribution in [3.63, 3.8) is 0 Å². The molecule has 19 heavy (non-hydrogen) atoms. The molecule has 0 aliphatic heterocycles. The highest BCUT2D eigenvalue weighted by atomic mass is 15.1. The number of fused-ring (bicyclic) bond motifs is 1. The van der Waals surface area contributed by atoms with Crippen molar-refractivity contribution >= 4 is 10.8 Å². The Hall–Kier alpha value is -1.45. The van der Waals surface area contributed by atoms with Gasteiger partial charge in [-0.15, -0.1) is 0 Å². The molecule has 2 rings (SSSR count). The third kappa shape index (κ3) is 3.52. The van der Waals surface area contributed by atoms with Crippen LogP contribution in [0.2, 0.25) is 0 Å². The topological polar surface area (TPSA) is 28.2 Å². The number of benzene rings is 1. The summed E-state index contributed by atoms with van der Waals surface area (Å²) >= 11 is 0. The lowest BCUT2D eigenvalue weighted by Gasteiger charge is -2.24. The molecule has 0 radical (unpaired) electrons. The van der Waals surface area contributed by atoms with Gasteiger partial charge in [-0.25, -0.2) is 0 Å². The predicted molar refractivity (Wildman–Crippen MR) is 81.3 cm³/mol. The summed E-state index contributed by atoms with van der Waals surface area (Å²) in [5.41, 5.74) is 1.34. The third-order valence-corrected chi connectivity index (χ3v) is 3.28. The molecule has 0 saturated carbocycles. The molecule has 102 valence electrons. The van der Waals surface area contributed by atoms with Gasteiger partial charge >= 0.3 is 0 Å². The lowest BCUT2D eigenvalue weighted by atomic mass is 10.00. The largest absolute Gasteiger partial charge is 0.309 e. The molecule has 0 saturated heterocycles. The van der Waals surface area contributed by atoms with Crippen LogP contribution in [0.4, 0.5) is 0 Å². The Labute approximate surface area is 115 Å². The van der Waals surface area contributed by atoms with Crippen molar-refractivity contribution in [2.45, 2.75) is 19.4 Å². The molecule has 1 aromatic heterocycles. The maximum absolute atomic E-state index is 4.27. The van der Waals surface area contributed by atoms with Crippen LogP contribution in [-0.2, 0) is 0 Å². The molecular formula is C16H23N3. The van der Waals surface area contributed by atoms with Gasteiger partial charge in [0.1, 0.15) is 0 Å². The summed E-state index contributed by atoms with van der Waals surface area (Å²) in [6, 6.07) is 8.91. The first-order valence-corrected chi connectivity index (χ1v) is 6.93. The minimum Gasteiger partial charge on any atom is -0.309 e. The molecule has 1 atom stereocenters. The summed E-state index contributed by atoms with van der Waals surface area (Å²) in [6.07, 6.45) is 4.97. The number of hydrogen-bond donors (Lipinski definition) is 1. The molecule has 1 N–H and O–H groups in total. The van der Waals surface area contributed by atoms with Gasteiger partial charge in [0, 0.05) is 30.4 Å². The molecule has 1 heterocycles. The minimum absolute atomic E-state index is 0.350. The molecule has 0 spiro atoms. The van der Waals surface area contributed by atoms with Gasteiger partial charge in [-0.3, -0.25) is 4.98 Å². The van der Waals surface area contributed by atoms with Crippen LogP contribution in [0.15, 0.2) is 36.7 Å². The number of rotatable bonds is 6. The van der Waals surface area contributed by atoms with Crippen LogP contribution in [0.3, 0.4) is 0 Å². The average Bonchev–Trinajstić information content (AvgIpc) is 2.42. The fraction of sp³-hybridized carbons (Fsp3) is 0.438. The van der Waals surface area contributed by atoms with Crippen molar-refractivity contribution in [3.8, 4) is 0 Å². The third-order valence-electron chi connectivity index (χ3n) is 3.28. The number of likely N-dealkylation sites (N-methyl/N-ethyl adjacent to an activating group) is 1. The summed E-state index contributed by atoms with van der Waals surface area (Å²) in [5.74, 6) is 0. The standard InChI is InChI=1S/C16H23N3/c1-4-9-18-16(12-19(2)3)14-7-5-6-13-8-10-17-11-15(13)14/h5-8,10-11,16,18H,4,9,12H2,1-3H3. The van der Waals surface area contributed by atoms with Crippen molar-refractivity contribution in [2.24, 2.45) is 0 Å². The van der Waals surface area contributed by atoms with E-state index in [1.54, 1.807) is 0 Å². The van der Waals surface area contributed by atoms with Crippen LogP contribution < -0.4 is 5.32 Å². The van der Waals surface area contributed by atoms with Crippen LogP contribution in [0.1, 0.15) is 24.9 Å². The Kier molecular flexibility index (Phi) is 4.88. The van der Waals surface area contributed by atoms with Gasteiger partial charge in [0.2, 0.25) is 0 Å². The second-order valence-corrected chi connectivity index (χ2v) is 5.21. The smallest absolute Gasteiger partial charge is 0.0455 e. The Morgan fingerprint density at radius 3 is 2.84 bits per heavy atom. The van der Waals surface area contributed by atoms with Crippen LogP contribution in [0, 0.1) is 0 Å². The molecular weight excluding hydrogens is 234 g/mol. The minimum atomic E-state index is 0.350. The van der Waals surface area contributed by atoms with E-state index in [0.717, 1.165) is 19.5 Å². The fourth-order valence-electron chi connectivity index (χ4n) is 2.40. The van der Waals surface area contributed by atoms with E-state index in [1.807, 2.05) is 12.4 Å². The highest BCUT2D eigenvalue weighted by molar-refractivity contribution is 5.85. The van der Waals surface area contributed by atoms with Gasteiger partial charge in [-0.1, -0.05) is 25.1 Å². The van der Waals surface area contributed by atoms with E-state index in [0.29, 0.717) is 6.04 Å². The van der Waals surface area contributed by atoms with Crippen molar-refractivity contribution in [1.29, 1.82) is 0 Å². The van der Waals surface area contributed by atoms with Gasteiger partial charge in [0.25, 0.3) is 0 Å². The van der Waals surface area contributed by atoms with E-state index in [-0.39, 0.29) is 0 Å². The number of pyridine rings is 1. The van der Waals surface area contributed by atoms with Crippen LogP contribution in [0.25, 0.3) is 10.8 Å². The molecule has 0 bridgehead atoms. The quantitative estimate of drug-likeness (QED) is 0.862. The molecule has 0 aliphatic rings. The van der Waals surface area contributed by atoms with Gasteiger partial charge in [-0.05, 0) is 44.1 Å². The SMILES string of the molecule is CCCNC(CN(C)C)c1cccc2ccncc12. The first-order chi connectivity index (χ1) is 9.22. The predicted octanol–water partition coefficient (Wildman–Crippen LogP) is 2.84. The number of nitrogens with zero attached hydrogens (tertiary/aromatic N) is 2. The zero-order chi connectivity index (χ0) is 13.7. The normalized spacial score (nSPS) is 13.1. The number of nitrogens with one attached hydrogen (secondary N) is 1. The molecule has 0 amide bonds. The Morgan fingerprint density at radius 1 is 1.26 bits per heavy atom. The first-order valence-electron chi connectivity index (χ1n) is 6.93. The van der Waals surface area contributed by atoms with Gasteiger partial charge in [-0.2, -0.15) is 0 Å². The summed E-state index contributed by atoms with van der Waals surface area (Å²) in [7, 11) is 4.23. The maximum atomic E-state index is 4.27. The molecule has 2 aromatic rings. The van der Waals surface area contributed by atoms with Gasteiger partial charge in [0.15, 0.2) is 0 Å². The maximum Gasteiger partial charge on any atom is 0.0455 e. The monoisotopic (exact) mass is 257 g/mol. The molecule has 3 heteroatoms. The summed E-state index contributed by atoms with van der Waals surface area (Å²) < 4.78 is 0. The van der Waals surface area contributed by atoms with Gasteiger partial charge in [0.05, 0.1) is 0 Å². The van der Waals surface area contributed by atoms with E-state index < -0.39 is 0 Å². The average molecular weight is 257 g/mol. The van der Waals surface area contributed by atoms with Crippen molar-refractivity contribution < 1.29 is 0 Å².